The van der Waals surface area contributed by atoms with Crippen molar-refractivity contribution in [1.82, 2.24) is 19.5 Å². The number of hydrogen-bond donors (Lipinski definition) is 4. The highest BCUT2D eigenvalue weighted by molar-refractivity contribution is 7.65. The lowest BCUT2D eigenvalue weighted by atomic mass is 10.1. The monoisotopic (exact) mass is 493 g/mol. The topological polar surface area (TPSA) is 210 Å². The Kier molecular flexibility index (Phi) is 7.21. The molecule has 176 valence electrons. The Morgan fingerprint density at radius 3 is 2.69 bits per heavy atom. The summed E-state index contributed by atoms with van der Waals surface area (Å²) in [7, 11) is -6.41. The first-order chi connectivity index (χ1) is 15.1. The summed E-state index contributed by atoms with van der Waals surface area (Å²) in [6, 6.07) is 0. The summed E-state index contributed by atoms with van der Waals surface area (Å²) in [4.78, 5) is 22.1. The predicted molar refractivity (Wildman–Crippen MR) is 108 cm³/mol. The van der Waals surface area contributed by atoms with Gasteiger partial charge < -0.3 is 25.2 Å². The molecule has 0 amide bonds. The smallest absolute Gasteiger partial charge is 0.387 e. The van der Waals surface area contributed by atoms with Crippen LogP contribution in [-0.2, 0) is 31.7 Å². The number of nitrogens with zero attached hydrogens (tertiary/aromatic N) is 3. The second-order valence-electron chi connectivity index (χ2n) is 6.48. The number of H-pyrrole nitrogens is 1. The third-order valence-electron chi connectivity index (χ3n) is 4.47. The molecule has 0 radical (unpaired) electrons. The number of imidazole rings is 1. The molecule has 15 nitrogen and oxygen atoms in total. The first-order valence-corrected chi connectivity index (χ1v) is 12.1. The maximum absolute atomic E-state index is 12.7. The number of terminal acetylenes is 1. The molecule has 3 heterocycles. The Morgan fingerprint density at radius 2 is 2.06 bits per heavy atom. The fourth-order valence-corrected chi connectivity index (χ4v) is 5.85. The molecule has 0 aromatic carbocycles. The third kappa shape index (κ3) is 4.79. The zero-order chi connectivity index (χ0) is 23.7. The number of nitrogen functional groups attached to an aromatic ring is 1. The van der Waals surface area contributed by atoms with Crippen molar-refractivity contribution in [3.8, 4) is 12.3 Å². The van der Waals surface area contributed by atoms with E-state index in [9.17, 15) is 24.1 Å². The Balaban J connectivity index is 1.77. The number of phosphoric ester groups is 1. The molecule has 6 atom stereocenters. The molecule has 17 heteroatoms. The van der Waals surface area contributed by atoms with Gasteiger partial charge in [0.2, 0.25) is 5.95 Å². The molecule has 2 aromatic rings. The number of aromatic nitrogens is 4. The number of aliphatic hydroxyl groups is 2. The molecular weight excluding hydrogens is 472 g/mol. The number of aromatic amines is 1. The largest absolute Gasteiger partial charge is 0.481 e. The van der Waals surface area contributed by atoms with E-state index in [0.717, 1.165) is 14.2 Å². The molecule has 1 aliphatic heterocycles. The lowest BCUT2D eigenvalue weighted by Crippen LogP contribution is -2.33. The fraction of sp³-hybridized carbons (Fsp3) is 0.533. The van der Waals surface area contributed by atoms with Crippen molar-refractivity contribution in [2.24, 2.45) is 0 Å². The number of nitrogens with one attached hydrogen (secondary N) is 1. The van der Waals surface area contributed by atoms with Gasteiger partial charge >= 0.3 is 15.4 Å². The summed E-state index contributed by atoms with van der Waals surface area (Å²) >= 11 is 0. The van der Waals surface area contributed by atoms with Crippen molar-refractivity contribution in [2.75, 3.05) is 32.7 Å². The van der Waals surface area contributed by atoms with Crippen LogP contribution in [0.25, 0.3) is 11.2 Å². The van der Waals surface area contributed by atoms with Gasteiger partial charge in [-0.25, -0.2) is 13.9 Å². The average molecular weight is 493 g/mol. The normalized spacial score (nSPS) is 27.1. The molecule has 1 fully saturated rings. The standard InChI is InChI=1S/C15H21N5O10P2/c1-4-5-31(24,26-2)30-32(25,27-3)28-6-8-10(21)11(22)14(29-8)20-7-17-9-12(20)18-15(16)19-13(9)23/h1,7-8,10-11,14,21-22H,5-6H2,2-3H3,(H3,16,18,19,23)/t8-,10?,11?,14-,31?,32?/m1/s1. The van der Waals surface area contributed by atoms with E-state index in [-0.39, 0.29) is 17.1 Å². The van der Waals surface area contributed by atoms with Crippen molar-refractivity contribution in [1.29, 1.82) is 0 Å². The van der Waals surface area contributed by atoms with Gasteiger partial charge in [0.15, 0.2) is 17.4 Å². The molecular formula is C15H21N5O10P2. The minimum atomic E-state index is -4.45. The molecule has 32 heavy (non-hydrogen) atoms. The summed E-state index contributed by atoms with van der Waals surface area (Å²) in [5.74, 6) is 1.88. The summed E-state index contributed by atoms with van der Waals surface area (Å²) in [6.45, 7) is -0.609. The van der Waals surface area contributed by atoms with Crippen LogP contribution in [0.4, 0.5) is 5.95 Å². The Labute approximate surface area is 181 Å². The average Bonchev–Trinajstić information content (AvgIpc) is 3.28. The van der Waals surface area contributed by atoms with E-state index in [0.29, 0.717) is 0 Å². The lowest BCUT2D eigenvalue weighted by Gasteiger charge is -2.22. The second kappa shape index (κ2) is 9.40. The Morgan fingerprint density at radius 1 is 1.34 bits per heavy atom. The highest BCUT2D eigenvalue weighted by atomic mass is 31.3. The molecule has 2 aromatic heterocycles. The van der Waals surface area contributed by atoms with Crippen LogP contribution in [0.2, 0.25) is 0 Å². The van der Waals surface area contributed by atoms with Gasteiger partial charge in [-0.15, -0.1) is 6.42 Å². The van der Waals surface area contributed by atoms with Crippen LogP contribution >= 0.6 is 15.4 Å². The SMILES string of the molecule is C#CCP(=O)(OC)OP(=O)(OC)OC[C@H]1O[C@@H](n2cnc3c(=O)[nH]c(N)nc32)C(O)C1O. The number of ether oxygens (including phenoxy) is 1. The van der Waals surface area contributed by atoms with E-state index in [1.165, 1.54) is 10.9 Å². The molecule has 1 saturated heterocycles. The van der Waals surface area contributed by atoms with Crippen LogP contribution in [-0.4, -0.2) is 75.0 Å². The van der Waals surface area contributed by atoms with E-state index in [4.69, 9.17) is 34.8 Å². The van der Waals surface area contributed by atoms with Crippen LogP contribution in [0, 0.1) is 12.3 Å². The van der Waals surface area contributed by atoms with Gasteiger partial charge in [-0.3, -0.25) is 28.0 Å². The number of rotatable bonds is 9. The summed E-state index contributed by atoms with van der Waals surface area (Å²) in [6.07, 6.45) is 0.254. The second-order valence-corrected chi connectivity index (χ2v) is 10.6. The highest BCUT2D eigenvalue weighted by Crippen LogP contribution is 2.64. The van der Waals surface area contributed by atoms with E-state index in [1.807, 2.05) is 0 Å². The van der Waals surface area contributed by atoms with Crippen molar-refractivity contribution < 1.29 is 42.0 Å². The number of nitrogens with two attached hydrogens (primary N) is 1. The van der Waals surface area contributed by atoms with Gasteiger partial charge in [-0.1, -0.05) is 5.92 Å². The number of fused-ring (bicyclic) bond motifs is 1. The zero-order valence-electron chi connectivity index (χ0n) is 16.9. The number of anilines is 1. The van der Waals surface area contributed by atoms with Crippen LogP contribution in [0.5, 0.6) is 0 Å². The quantitative estimate of drug-likeness (QED) is 0.259. The number of aliphatic hydroxyl groups excluding tert-OH is 2. The Bertz CT molecular complexity index is 1180. The van der Waals surface area contributed by atoms with Gasteiger partial charge in [-0.05, 0) is 0 Å². The fourth-order valence-electron chi connectivity index (χ4n) is 2.89. The van der Waals surface area contributed by atoms with Crippen molar-refractivity contribution in [2.45, 2.75) is 24.5 Å². The number of hydrogen-bond acceptors (Lipinski definition) is 13. The molecule has 3 rings (SSSR count). The zero-order valence-corrected chi connectivity index (χ0v) is 18.6. The van der Waals surface area contributed by atoms with Crippen LogP contribution < -0.4 is 11.3 Å². The first kappa shape index (κ1) is 24.5. The first-order valence-electron chi connectivity index (χ1n) is 8.90. The molecule has 0 spiro atoms. The van der Waals surface area contributed by atoms with E-state index in [1.54, 1.807) is 0 Å². The predicted octanol–water partition coefficient (Wildman–Crippen LogP) is -0.419. The molecule has 1 aliphatic rings. The van der Waals surface area contributed by atoms with E-state index in [2.05, 4.69) is 20.9 Å². The van der Waals surface area contributed by atoms with Gasteiger partial charge in [0.05, 0.1) is 12.9 Å². The van der Waals surface area contributed by atoms with E-state index >= 15 is 0 Å². The maximum atomic E-state index is 12.7. The van der Waals surface area contributed by atoms with E-state index < -0.39 is 58.3 Å². The van der Waals surface area contributed by atoms with Crippen LogP contribution in [0.3, 0.4) is 0 Å². The lowest BCUT2D eigenvalue weighted by molar-refractivity contribution is -0.0506. The molecule has 5 N–H and O–H groups in total. The summed E-state index contributed by atoms with van der Waals surface area (Å²) in [5.41, 5.74) is 4.89. The summed E-state index contributed by atoms with van der Waals surface area (Å²) in [5, 5.41) is 20.8. The molecule has 0 saturated carbocycles. The number of phosphoric acid groups is 1. The highest BCUT2D eigenvalue weighted by Gasteiger charge is 2.46. The van der Waals surface area contributed by atoms with Gasteiger partial charge in [0.25, 0.3) is 5.56 Å². The van der Waals surface area contributed by atoms with Gasteiger partial charge in [0, 0.05) is 14.2 Å². The van der Waals surface area contributed by atoms with Gasteiger partial charge in [-0.2, -0.15) is 4.98 Å². The van der Waals surface area contributed by atoms with Crippen molar-refractivity contribution in [3.05, 3.63) is 16.7 Å². The molecule has 0 bridgehead atoms. The minimum Gasteiger partial charge on any atom is -0.387 e. The Hall–Kier alpha value is -2.11. The van der Waals surface area contributed by atoms with Crippen molar-refractivity contribution >= 4 is 32.5 Å². The minimum absolute atomic E-state index is 0.00489. The maximum Gasteiger partial charge on any atom is 0.481 e. The summed E-state index contributed by atoms with van der Waals surface area (Å²) < 4.78 is 51.2. The third-order valence-corrected chi connectivity index (χ3v) is 8.30. The van der Waals surface area contributed by atoms with Crippen LogP contribution in [0.1, 0.15) is 6.23 Å². The molecule has 0 aliphatic carbocycles. The van der Waals surface area contributed by atoms with Gasteiger partial charge in [0.1, 0.15) is 24.5 Å². The van der Waals surface area contributed by atoms with Crippen LogP contribution in [0.15, 0.2) is 11.1 Å². The molecule has 4 unspecified atom stereocenters. The van der Waals surface area contributed by atoms with Crippen molar-refractivity contribution in [3.63, 3.8) is 0 Å².